The molecule has 1 heterocycles. The number of rotatable bonds is 4. The second kappa shape index (κ2) is 6.10. The molecule has 5 heteroatoms. The third-order valence-corrected chi connectivity index (χ3v) is 4.46. The smallest absolute Gasteiger partial charge is 0.200 e. The van der Waals surface area contributed by atoms with Gasteiger partial charge in [0.2, 0.25) is 5.43 Å². The van der Waals surface area contributed by atoms with E-state index in [2.05, 4.69) is 0 Å². The SMILES string of the molecule is CCC(Cl)OSc1cccc2c(=O)c3ccccc3oc12. The highest BCUT2D eigenvalue weighted by atomic mass is 35.5. The minimum atomic E-state index is -0.377. The summed E-state index contributed by atoms with van der Waals surface area (Å²) in [7, 11) is 0. The number of halogens is 1. The van der Waals surface area contributed by atoms with Crippen molar-refractivity contribution in [3.63, 3.8) is 0 Å². The van der Waals surface area contributed by atoms with E-state index in [4.69, 9.17) is 20.2 Å². The van der Waals surface area contributed by atoms with Gasteiger partial charge in [-0.25, -0.2) is 0 Å². The first-order valence-corrected chi connectivity index (χ1v) is 7.80. The molecule has 0 amide bonds. The van der Waals surface area contributed by atoms with Crippen molar-refractivity contribution in [1.29, 1.82) is 0 Å². The molecule has 108 valence electrons. The summed E-state index contributed by atoms with van der Waals surface area (Å²) in [6.07, 6.45) is 0.701. The number of para-hydroxylation sites is 2. The number of benzene rings is 2. The lowest BCUT2D eigenvalue weighted by Crippen LogP contribution is -2.02. The molecule has 1 unspecified atom stereocenters. The molecule has 2 aromatic carbocycles. The van der Waals surface area contributed by atoms with Gasteiger partial charge in [-0.1, -0.05) is 36.7 Å². The van der Waals surface area contributed by atoms with Gasteiger partial charge in [0.05, 0.1) is 15.7 Å². The molecule has 0 radical (unpaired) electrons. The molecule has 0 fully saturated rings. The molecule has 1 atom stereocenters. The third-order valence-electron chi connectivity index (χ3n) is 3.13. The average Bonchev–Trinajstić information content (AvgIpc) is 2.53. The standard InChI is InChI=1S/C16H13ClO3S/c1-2-14(17)20-21-13-9-5-7-11-15(18)10-6-3-4-8-12(10)19-16(11)13/h3-9,14H,2H2,1H3. The summed E-state index contributed by atoms with van der Waals surface area (Å²) in [5.74, 6) is 0. The second-order valence-corrected chi connectivity index (χ2v) is 5.84. The van der Waals surface area contributed by atoms with Crippen LogP contribution < -0.4 is 5.43 Å². The highest BCUT2D eigenvalue weighted by Crippen LogP contribution is 2.31. The summed E-state index contributed by atoms with van der Waals surface area (Å²) >= 11 is 7.09. The largest absolute Gasteiger partial charge is 0.455 e. The topological polar surface area (TPSA) is 39.4 Å². The molecule has 3 rings (SSSR count). The molecule has 3 nitrogen and oxygen atoms in total. The fourth-order valence-electron chi connectivity index (χ4n) is 2.04. The Morgan fingerprint density at radius 3 is 2.76 bits per heavy atom. The van der Waals surface area contributed by atoms with E-state index in [1.54, 1.807) is 18.2 Å². The van der Waals surface area contributed by atoms with Crippen LogP contribution in [-0.2, 0) is 4.18 Å². The summed E-state index contributed by atoms with van der Waals surface area (Å²) in [5, 5.41) is 1.13. The zero-order valence-electron chi connectivity index (χ0n) is 11.3. The zero-order valence-corrected chi connectivity index (χ0v) is 12.9. The summed E-state index contributed by atoms with van der Waals surface area (Å²) in [5.41, 5.74) is 0.691. The van der Waals surface area contributed by atoms with Gasteiger partial charge in [0.15, 0.2) is 5.58 Å². The fraction of sp³-hybridized carbons (Fsp3) is 0.188. The van der Waals surface area contributed by atoms with E-state index in [0.717, 1.165) is 16.9 Å². The first kappa shape index (κ1) is 14.4. The van der Waals surface area contributed by atoms with Crippen molar-refractivity contribution < 1.29 is 8.60 Å². The van der Waals surface area contributed by atoms with E-state index in [9.17, 15) is 4.79 Å². The molecule has 21 heavy (non-hydrogen) atoms. The van der Waals surface area contributed by atoms with Crippen LogP contribution in [0.1, 0.15) is 13.3 Å². The van der Waals surface area contributed by atoms with Gasteiger partial charge in [0, 0.05) is 12.0 Å². The number of fused-ring (bicyclic) bond motifs is 2. The Kier molecular flexibility index (Phi) is 4.19. The molecule has 1 aromatic heterocycles. The van der Waals surface area contributed by atoms with Crippen LogP contribution in [0.5, 0.6) is 0 Å². The molecular formula is C16H13ClO3S. The molecule has 0 aliphatic heterocycles. The maximum absolute atomic E-state index is 12.5. The van der Waals surface area contributed by atoms with E-state index in [1.807, 2.05) is 31.2 Å². The Hall–Kier alpha value is -1.49. The third kappa shape index (κ3) is 2.79. The van der Waals surface area contributed by atoms with Gasteiger partial charge in [0.25, 0.3) is 0 Å². The fourth-order valence-corrected chi connectivity index (χ4v) is 2.85. The maximum Gasteiger partial charge on any atom is 0.200 e. The lowest BCUT2D eigenvalue weighted by molar-refractivity contribution is 0.327. The minimum Gasteiger partial charge on any atom is -0.455 e. The Labute approximate surface area is 131 Å². The lowest BCUT2D eigenvalue weighted by atomic mass is 10.1. The molecule has 0 aliphatic carbocycles. The van der Waals surface area contributed by atoms with E-state index in [-0.39, 0.29) is 11.0 Å². The predicted octanol–water partition coefficient (Wildman–Crippen LogP) is 4.94. The van der Waals surface area contributed by atoms with Crippen LogP contribution in [0.15, 0.2) is 56.6 Å². The predicted molar refractivity (Wildman–Crippen MR) is 86.9 cm³/mol. The van der Waals surface area contributed by atoms with E-state index in [0.29, 0.717) is 28.4 Å². The van der Waals surface area contributed by atoms with Gasteiger partial charge in [-0.2, -0.15) is 0 Å². The summed E-state index contributed by atoms with van der Waals surface area (Å²) in [4.78, 5) is 13.2. The highest BCUT2D eigenvalue weighted by Gasteiger charge is 2.12. The van der Waals surface area contributed by atoms with Gasteiger partial charge in [-0.15, -0.1) is 0 Å². The van der Waals surface area contributed by atoms with Gasteiger partial charge >= 0.3 is 0 Å². The van der Waals surface area contributed by atoms with Crippen molar-refractivity contribution in [2.75, 3.05) is 0 Å². The number of hydrogen-bond acceptors (Lipinski definition) is 4. The molecule has 3 aromatic rings. The van der Waals surface area contributed by atoms with Crippen LogP contribution >= 0.6 is 23.6 Å². The molecule has 0 saturated heterocycles. The van der Waals surface area contributed by atoms with Crippen LogP contribution in [0.2, 0.25) is 0 Å². The molecule has 0 saturated carbocycles. The van der Waals surface area contributed by atoms with Gasteiger partial charge in [0.1, 0.15) is 11.1 Å². The van der Waals surface area contributed by atoms with E-state index >= 15 is 0 Å². The van der Waals surface area contributed by atoms with Gasteiger partial charge in [-0.05, 0) is 30.7 Å². The molecule has 0 aliphatic rings. The van der Waals surface area contributed by atoms with Crippen molar-refractivity contribution in [1.82, 2.24) is 0 Å². The van der Waals surface area contributed by atoms with Crippen molar-refractivity contribution in [3.05, 3.63) is 52.7 Å². The van der Waals surface area contributed by atoms with Crippen LogP contribution in [0.4, 0.5) is 0 Å². The lowest BCUT2D eigenvalue weighted by Gasteiger charge is -2.09. The van der Waals surface area contributed by atoms with E-state index < -0.39 is 0 Å². The van der Waals surface area contributed by atoms with Crippen LogP contribution in [0, 0.1) is 0 Å². The monoisotopic (exact) mass is 320 g/mol. The molecule has 0 N–H and O–H groups in total. The van der Waals surface area contributed by atoms with Crippen molar-refractivity contribution >= 4 is 45.6 Å². The summed E-state index contributed by atoms with van der Waals surface area (Å²) in [6.45, 7) is 1.94. The highest BCUT2D eigenvalue weighted by molar-refractivity contribution is 7.95. The van der Waals surface area contributed by atoms with Gasteiger partial charge < -0.3 is 4.42 Å². The Morgan fingerprint density at radius 1 is 1.19 bits per heavy atom. The molecule has 0 bridgehead atoms. The van der Waals surface area contributed by atoms with Crippen LogP contribution in [0.25, 0.3) is 21.9 Å². The van der Waals surface area contributed by atoms with Gasteiger partial charge in [-0.3, -0.25) is 8.98 Å². The normalized spacial score (nSPS) is 12.9. The minimum absolute atomic E-state index is 0.0350. The van der Waals surface area contributed by atoms with Crippen molar-refractivity contribution in [2.45, 2.75) is 23.8 Å². The van der Waals surface area contributed by atoms with Crippen molar-refractivity contribution in [3.8, 4) is 0 Å². The van der Waals surface area contributed by atoms with Crippen LogP contribution in [-0.4, -0.2) is 5.56 Å². The second-order valence-electron chi connectivity index (χ2n) is 4.56. The van der Waals surface area contributed by atoms with Crippen molar-refractivity contribution in [2.24, 2.45) is 0 Å². The molecule has 0 spiro atoms. The maximum atomic E-state index is 12.5. The number of hydrogen-bond donors (Lipinski definition) is 0. The first-order chi connectivity index (χ1) is 10.2. The Morgan fingerprint density at radius 2 is 1.95 bits per heavy atom. The quantitative estimate of drug-likeness (QED) is 0.387. The first-order valence-electron chi connectivity index (χ1n) is 6.62. The van der Waals surface area contributed by atoms with E-state index in [1.165, 1.54) is 0 Å². The summed E-state index contributed by atoms with van der Waals surface area (Å²) < 4.78 is 11.3. The molecular weight excluding hydrogens is 308 g/mol. The Balaban J connectivity index is 2.16. The number of alkyl halides is 1. The zero-order chi connectivity index (χ0) is 14.8. The Bertz CT molecular complexity index is 844. The van der Waals surface area contributed by atoms with Crippen LogP contribution in [0.3, 0.4) is 0 Å². The summed E-state index contributed by atoms with van der Waals surface area (Å²) in [6, 6.07) is 12.6. The average molecular weight is 321 g/mol.